The van der Waals surface area contributed by atoms with Crippen LogP contribution in [-0.4, -0.2) is 58.6 Å². The fourth-order valence-corrected chi connectivity index (χ4v) is 3.65. The highest BCUT2D eigenvalue weighted by Crippen LogP contribution is 2.30. The molecule has 0 unspecified atom stereocenters. The maximum Gasteiger partial charge on any atom is 0.434 e. The maximum atomic E-state index is 12.7. The van der Waals surface area contributed by atoms with E-state index in [0.717, 1.165) is 60.9 Å². The Balaban J connectivity index is 0.00000300. The molecule has 1 fully saturated rings. The van der Waals surface area contributed by atoms with Gasteiger partial charge in [0.15, 0.2) is 11.7 Å². The predicted octanol–water partition coefficient (Wildman–Crippen LogP) is 3.36. The van der Waals surface area contributed by atoms with E-state index in [1.165, 1.54) is 0 Å². The quantitative estimate of drug-likeness (QED) is 0.354. The number of hydrogen-bond donors (Lipinski definition) is 1. The lowest BCUT2D eigenvalue weighted by Crippen LogP contribution is -2.52. The molecule has 2 aromatic rings. The molecule has 2 aromatic heterocycles. The number of hydrogen-bond acceptors (Lipinski definition) is 6. The van der Waals surface area contributed by atoms with Crippen LogP contribution in [-0.2, 0) is 19.3 Å². The number of rotatable bonds is 5. The molecule has 0 radical (unpaired) electrons. The Morgan fingerprint density at radius 3 is 2.59 bits per heavy atom. The van der Waals surface area contributed by atoms with E-state index in [9.17, 15) is 13.2 Å². The van der Waals surface area contributed by atoms with Crippen LogP contribution in [0.3, 0.4) is 0 Å². The van der Waals surface area contributed by atoms with Crippen LogP contribution in [0.5, 0.6) is 0 Å². The summed E-state index contributed by atoms with van der Waals surface area (Å²) in [6.45, 7) is 8.60. The van der Waals surface area contributed by atoms with E-state index in [1.807, 2.05) is 19.9 Å². The summed E-state index contributed by atoms with van der Waals surface area (Å²) in [7, 11) is 0. The van der Waals surface area contributed by atoms with E-state index in [4.69, 9.17) is 4.52 Å². The van der Waals surface area contributed by atoms with Crippen LogP contribution in [0.2, 0.25) is 0 Å². The summed E-state index contributed by atoms with van der Waals surface area (Å²) >= 11 is 0.978. The third-order valence-electron chi connectivity index (χ3n) is 4.28. The Hall–Kier alpha value is -1.41. The lowest BCUT2D eigenvalue weighted by molar-refractivity contribution is -0.140. The number of piperazine rings is 1. The second-order valence-corrected chi connectivity index (χ2v) is 7.43. The molecule has 0 amide bonds. The fraction of sp³-hybridized carbons (Fsp3) is 0.588. The predicted molar refractivity (Wildman–Crippen MR) is 115 cm³/mol. The van der Waals surface area contributed by atoms with Crippen molar-refractivity contribution in [2.45, 2.75) is 33.1 Å². The molecule has 0 atom stereocenters. The van der Waals surface area contributed by atoms with Crippen LogP contribution < -0.4 is 5.32 Å². The van der Waals surface area contributed by atoms with Gasteiger partial charge in [-0.15, -0.1) is 35.3 Å². The minimum absolute atomic E-state index is 0. The van der Waals surface area contributed by atoms with Gasteiger partial charge >= 0.3 is 6.18 Å². The molecule has 3 heterocycles. The number of alkyl halides is 3. The highest BCUT2D eigenvalue weighted by molar-refractivity contribution is 14.0. The molecule has 162 valence electrons. The smallest absolute Gasteiger partial charge is 0.361 e. The first-order valence-corrected chi connectivity index (χ1v) is 9.92. The van der Waals surface area contributed by atoms with Crippen LogP contribution in [0, 0.1) is 6.92 Å². The van der Waals surface area contributed by atoms with E-state index < -0.39 is 11.9 Å². The number of halogens is 4. The van der Waals surface area contributed by atoms with Gasteiger partial charge in [-0.1, -0.05) is 5.16 Å². The van der Waals surface area contributed by atoms with Crippen molar-refractivity contribution in [1.29, 1.82) is 0 Å². The first-order chi connectivity index (χ1) is 13.3. The summed E-state index contributed by atoms with van der Waals surface area (Å²) in [4.78, 5) is 12.5. The van der Waals surface area contributed by atoms with Crippen molar-refractivity contribution >= 4 is 41.3 Å². The van der Waals surface area contributed by atoms with Crippen molar-refractivity contribution in [3.05, 3.63) is 33.6 Å². The summed E-state index contributed by atoms with van der Waals surface area (Å²) in [6, 6.07) is 1.93. The van der Waals surface area contributed by atoms with Crippen LogP contribution in [0.4, 0.5) is 13.2 Å². The zero-order chi connectivity index (χ0) is 20.1. The van der Waals surface area contributed by atoms with Crippen LogP contribution in [0.25, 0.3) is 0 Å². The van der Waals surface area contributed by atoms with Gasteiger partial charge in [-0.05, 0) is 13.8 Å². The molecule has 3 rings (SSSR count). The Labute approximate surface area is 188 Å². The highest BCUT2D eigenvalue weighted by Gasteiger charge is 2.33. The summed E-state index contributed by atoms with van der Waals surface area (Å²) in [6.07, 6.45) is -4.42. The Morgan fingerprint density at radius 1 is 1.31 bits per heavy atom. The Morgan fingerprint density at radius 2 is 2.03 bits per heavy atom. The highest BCUT2D eigenvalue weighted by atomic mass is 127. The summed E-state index contributed by atoms with van der Waals surface area (Å²) in [5.41, 5.74) is 0.0557. The normalized spacial score (nSPS) is 16.0. The summed E-state index contributed by atoms with van der Waals surface area (Å²) in [5.74, 6) is 1.49. The largest absolute Gasteiger partial charge is 0.434 e. The van der Waals surface area contributed by atoms with Crippen LogP contribution in [0.1, 0.15) is 29.1 Å². The molecule has 1 aliphatic rings. The van der Waals surface area contributed by atoms with Gasteiger partial charge in [0.25, 0.3) is 0 Å². The van der Waals surface area contributed by atoms with Gasteiger partial charge < -0.3 is 14.7 Å². The van der Waals surface area contributed by atoms with Crippen LogP contribution >= 0.6 is 35.3 Å². The molecule has 0 spiro atoms. The van der Waals surface area contributed by atoms with E-state index in [2.05, 4.69) is 30.2 Å². The molecule has 0 bridgehead atoms. The summed E-state index contributed by atoms with van der Waals surface area (Å²) in [5, 5.41) is 8.62. The first kappa shape index (κ1) is 23.9. The number of nitrogens with zero attached hydrogens (tertiary/aromatic N) is 5. The van der Waals surface area contributed by atoms with Crippen molar-refractivity contribution in [2.75, 3.05) is 32.7 Å². The van der Waals surface area contributed by atoms with Gasteiger partial charge in [-0.25, -0.2) is 9.98 Å². The number of thiazole rings is 1. The lowest BCUT2D eigenvalue weighted by Gasteiger charge is -2.36. The first-order valence-electron chi connectivity index (χ1n) is 9.04. The average Bonchev–Trinajstić information content (AvgIpc) is 3.28. The molecule has 1 saturated heterocycles. The molecule has 12 heteroatoms. The van der Waals surface area contributed by atoms with E-state index >= 15 is 0 Å². The monoisotopic (exact) mass is 544 g/mol. The molecular formula is C17H24F3IN6OS. The van der Waals surface area contributed by atoms with Crippen molar-refractivity contribution in [2.24, 2.45) is 4.99 Å². The second-order valence-electron chi connectivity index (χ2n) is 6.49. The van der Waals surface area contributed by atoms with Gasteiger partial charge in [0.1, 0.15) is 10.8 Å². The topological polar surface area (TPSA) is 69.8 Å². The van der Waals surface area contributed by atoms with Gasteiger partial charge in [-0.3, -0.25) is 4.90 Å². The third-order valence-corrected chi connectivity index (χ3v) is 5.11. The molecule has 0 aliphatic carbocycles. The van der Waals surface area contributed by atoms with Crippen molar-refractivity contribution in [3.63, 3.8) is 0 Å². The number of nitrogens with one attached hydrogen (secondary N) is 1. The number of aromatic nitrogens is 2. The van der Waals surface area contributed by atoms with E-state index in [-0.39, 0.29) is 30.5 Å². The SMILES string of the molecule is CCNC(=NCc1nc(C(F)(F)F)cs1)N1CCN(Cc2cc(C)on2)CC1.I. The van der Waals surface area contributed by atoms with Crippen molar-refractivity contribution in [3.8, 4) is 0 Å². The van der Waals surface area contributed by atoms with Gasteiger partial charge in [0.05, 0.1) is 12.2 Å². The lowest BCUT2D eigenvalue weighted by atomic mass is 10.3. The maximum absolute atomic E-state index is 12.7. The summed E-state index contributed by atoms with van der Waals surface area (Å²) < 4.78 is 43.1. The Kier molecular flexibility index (Phi) is 8.70. The number of aliphatic imine (C=N–C) groups is 1. The van der Waals surface area contributed by atoms with Crippen LogP contribution in [0.15, 0.2) is 21.0 Å². The van der Waals surface area contributed by atoms with Gasteiger partial charge in [-0.2, -0.15) is 13.2 Å². The molecule has 29 heavy (non-hydrogen) atoms. The van der Waals surface area contributed by atoms with Crippen molar-refractivity contribution < 1.29 is 17.7 Å². The molecule has 1 aliphatic heterocycles. The fourth-order valence-electron chi connectivity index (χ4n) is 2.92. The van der Waals surface area contributed by atoms with Gasteiger partial charge in [0.2, 0.25) is 0 Å². The van der Waals surface area contributed by atoms with E-state index in [1.54, 1.807) is 0 Å². The standard InChI is InChI=1S/C17H23F3N6OS.HI/c1-3-21-16(22-9-15-23-14(11-28-15)17(18,19)20)26-6-4-25(5-7-26)10-13-8-12(2)27-24-13;/h8,11H,3-7,9-10H2,1-2H3,(H,21,22);1H. The second kappa shape index (κ2) is 10.6. The molecule has 1 N–H and O–H groups in total. The minimum Gasteiger partial charge on any atom is -0.361 e. The molecule has 0 saturated carbocycles. The van der Waals surface area contributed by atoms with Gasteiger partial charge in [0, 0.05) is 50.7 Å². The molecule has 7 nitrogen and oxygen atoms in total. The van der Waals surface area contributed by atoms with Crippen molar-refractivity contribution in [1.82, 2.24) is 25.3 Å². The number of aryl methyl sites for hydroxylation is 1. The third kappa shape index (κ3) is 6.81. The molecular weight excluding hydrogens is 520 g/mol. The van der Waals surface area contributed by atoms with E-state index in [0.29, 0.717) is 17.5 Å². The molecule has 0 aromatic carbocycles. The zero-order valence-corrected chi connectivity index (χ0v) is 19.3. The minimum atomic E-state index is -4.42. The zero-order valence-electron chi connectivity index (χ0n) is 16.2. The Bertz CT molecular complexity index is 801. The number of guanidine groups is 1. The average molecular weight is 544 g/mol.